The molecule has 10 heteroatoms. The summed E-state index contributed by atoms with van der Waals surface area (Å²) < 4.78 is 32.2. The second kappa shape index (κ2) is 7.51. The maximum absolute atomic E-state index is 12.2. The third-order valence-corrected chi connectivity index (χ3v) is 6.74. The standard InChI is InChI=1S/C17H21N3O5S2/c1-10(2)11(3)18-15(21)9-25-16(22)12-4-5-13-14(8-12)26-17-19-27(23,24)7-6-20(13)17/h4-5,8,10-11H,6-7,9H2,1-3H3,(H,18,21). The molecule has 1 atom stereocenters. The fourth-order valence-electron chi connectivity index (χ4n) is 2.53. The van der Waals surface area contributed by atoms with Crippen LogP contribution < -0.4 is 10.2 Å². The molecule has 1 unspecified atom stereocenters. The van der Waals surface area contributed by atoms with Crippen LogP contribution in [0.5, 0.6) is 0 Å². The zero-order chi connectivity index (χ0) is 19.8. The van der Waals surface area contributed by atoms with E-state index in [4.69, 9.17) is 4.74 Å². The second-order valence-corrected chi connectivity index (χ2v) is 9.54. The predicted octanol–water partition coefficient (Wildman–Crippen LogP) is 1.62. The minimum atomic E-state index is -3.43. The van der Waals surface area contributed by atoms with Gasteiger partial charge in [0.2, 0.25) is 0 Å². The SMILES string of the molecule is CC(C)C(C)NC(=O)COC(=O)c1ccc2c(c1)SC1=NS(=O)(=O)CCN12. The molecule has 8 nitrogen and oxygen atoms in total. The van der Waals surface area contributed by atoms with Gasteiger partial charge in [-0.15, -0.1) is 4.40 Å². The highest BCUT2D eigenvalue weighted by atomic mass is 32.2. The minimum absolute atomic E-state index is 0.0120. The van der Waals surface area contributed by atoms with E-state index in [9.17, 15) is 18.0 Å². The van der Waals surface area contributed by atoms with E-state index in [-0.39, 0.29) is 30.2 Å². The highest BCUT2D eigenvalue weighted by Gasteiger charge is 2.33. The molecule has 1 aromatic carbocycles. The zero-order valence-electron chi connectivity index (χ0n) is 15.3. The van der Waals surface area contributed by atoms with Gasteiger partial charge in [0.15, 0.2) is 11.8 Å². The lowest BCUT2D eigenvalue weighted by atomic mass is 10.1. The average molecular weight is 412 g/mol. The maximum Gasteiger partial charge on any atom is 0.338 e. The van der Waals surface area contributed by atoms with Crippen molar-refractivity contribution in [2.75, 3.05) is 23.8 Å². The van der Waals surface area contributed by atoms with Crippen molar-refractivity contribution in [1.82, 2.24) is 5.32 Å². The number of sulfonamides is 1. The Kier molecular flexibility index (Phi) is 5.48. The Labute approximate surface area is 162 Å². The number of rotatable bonds is 5. The van der Waals surface area contributed by atoms with Crippen LogP contribution in [0.25, 0.3) is 0 Å². The first kappa shape index (κ1) is 19.7. The summed E-state index contributed by atoms with van der Waals surface area (Å²) in [7, 11) is -3.43. The first-order chi connectivity index (χ1) is 12.7. The summed E-state index contributed by atoms with van der Waals surface area (Å²) in [6.07, 6.45) is 0. The van der Waals surface area contributed by atoms with E-state index in [0.717, 1.165) is 10.6 Å². The first-order valence-electron chi connectivity index (χ1n) is 8.55. The highest BCUT2D eigenvalue weighted by molar-refractivity contribution is 8.15. The maximum atomic E-state index is 12.2. The lowest BCUT2D eigenvalue weighted by molar-refractivity contribution is -0.125. The number of hydrogen-bond acceptors (Lipinski definition) is 7. The molecular weight excluding hydrogens is 390 g/mol. The van der Waals surface area contributed by atoms with Gasteiger partial charge in [-0.05, 0) is 42.8 Å². The number of carbonyl (C=O) groups is 2. The van der Waals surface area contributed by atoms with Crippen molar-refractivity contribution in [1.29, 1.82) is 0 Å². The molecule has 27 heavy (non-hydrogen) atoms. The number of amidine groups is 1. The van der Waals surface area contributed by atoms with Gasteiger partial charge in [-0.2, -0.15) is 0 Å². The molecule has 2 heterocycles. The molecule has 2 aliphatic rings. The topological polar surface area (TPSA) is 105 Å². The molecule has 0 bridgehead atoms. The van der Waals surface area contributed by atoms with Gasteiger partial charge in [0.25, 0.3) is 15.9 Å². The second-order valence-electron chi connectivity index (χ2n) is 6.77. The lowest BCUT2D eigenvalue weighted by Gasteiger charge is -2.22. The molecule has 146 valence electrons. The van der Waals surface area contributed by atoms with E-state index < -0.39 is 16.0 Å². The summed E-state index contributed by atoms with van der Waals surface area (Å²) in [4.78, 5) is 26.6. The van der Waals surface area contributed by atoms with Crippen molar-refractivity contribution in [2.24, 2.45) is 10.3 Å². The Morgan fingerprint density at radius 1 is 1.33 bits per heavy atom. The summed E-state index contributed by atoms with van der Waals surface area (Å²) in [6.45, 7) is 5.85. The van der Waals surface area contributed by atoms with Gasteiger partial charge in [-0.1, -0.05) is 13.8 Å². The Balaban J connectivity index is 1.65. The molecule has 0 spiro atoms. The normalized spacial score (nSPS) is 18.4. The van der Waals surface area contributed by atoms with Gasteiger partial charge in [-0.25, -0.2) is 13.2 Å². The largest absolute Gasteiger partial charge is 0.452 e. The van der Waals surface area contributed by atoms with Gasteiger partial charge < -0.3 is 15.0 Å². The van der Waals surface area contributed by atoms with Crippen molar-refractivity contribution in [3.8, 4) is 0 Å². The van der Waals surface area contributed by atoms with Crippen LogP contribution in [0.15, 0.2) is 27.5 Å². The number of benzene rings is 1. The number of esters is 1. The zero-order valence-corrected chi connectivity index (χ0v) is 16.9. The molecule has 0 fully saturated rings. The Morgan fingerprint density at radius 2 is 2.07 bits per heavy atom. The lowest BCUT2D eigenvalue weighted by Crippen LogP contribution is -2.38. The number of anilines is 1. The van der Waals surface area contributed by atoms with E-state index in [1.807, 2.05) is 25.7 Å². The summed E-state index contributed by atoms with van der Waals surface area (Å²) in [5, 5.41) is 3.16. The third-order valence-electron chi connectivity index (χ3n) is 4.43. The fourth-order valence-corrected chi connectivity index (χ4v) is 4.83. The smallest absolute Gasteiger partial charge is 0.338 e. The van der Waals surface area contributed by atoms with Crippen LogP contribution in [0.1, 0.15) is 31.1 Å². The number of fused-ring (bicyclic) bond motifs is 3. The molecule has 0 saturated heterocycles. The van der Waals surface area contributed by atoms with Crippen LogP contribution in [0.4, 0.5) is 5.69 Å². The van der Waals surface area contributed by atoms with Gasteiger partial charge in [-0.3, -0.25) is 4.79 Å². The number of thioether (sulfide) groups is 1. The first-order valence-corrected chi connectivity index (χ1v) is 11.0. The number of ether oxygens (including phenoxy) is 1. The molecule has 1 amide bonds. The van der Waals surface area contributed by atoms with Crippen molar-refractivity contribution in [3.05, 3.63) is 23.8 Å². The monoisotopic (exact) mass is 411 g/mol. The molecule has 0 aliphatic carbocycles. The molecule has 1 aromatic rings. The van der Waals surface area contributed by atoms with Gasteiger partial charge >= 0.3 is 5.97 Å². The van der Waals surface area contributed by atoms with Crippen LogP contribution in [0.3, 0.4) is 0 Å². The summed E-state index contributed by atoms with van der Waals surface area (Å²) >= 11 is 1.20. The van der Waals surface area contributed by atoms with E-state index in [0.29, 0.717) is 17.3 Å². The van der Waals surface area contributed by atoms with E-state index in [1.165, 1.54) is 11.8 Å². The molecule has 3 rings (SSSR count). The molecule has 2 aliphatic heterocycles. The Morgan fingerprint density at radius 3 is 2.78 bits per heavy atom. The van der Waals surface area contributed by atoms with Gasteiger partial charge in [0.1, 0.15) is 0 Å². The number of hydrogen-bond donors (Lipinski definition) is 1. The average Bonchev–Trinajstić information content (AvgIpc) is 2.94. The Hall–Kier alpha value is -2.07. The Bertz CT molecular complexity index is 911. The molecule has 0 radical (unpaired) electrons. The molecular formula is C17H21N3O5S2. The van der Waals surface area contributed by atoms with Crippen molar-refractivity contribution >= 4 is 44.5 Å². The summed E-state index contributed by atoms with van der Waals surface area (Å²) in [6, 6.07) is 4.95. The predicted molar refractivity (Wildman–Crippen MR) is 104 cm³/mol. The summed E-state index contributed by atoms with van der Waals surface area (Å²) in [5.74, 6) is -0.713. The van der Waals surface area contributed by atoms with Crippen molar-refractivity contribution < 1.29 is 22.7 Å². The molecule has 0 saturated carbocycles. The quantitative estimate of drug-likeness (QED) is 0.734. The van der Waals surface area contributed by atoms with Gasteiger partial charge in [0, 0.05) is 17.5 Å². The number of nitrogens with zero attached hydrogens (tertiary/aromatic N) is 2. The number of amides is 1. The van der Waals surface area contributed by atoms with E-state index in [2.05, 4.69) is 9.71 Å². The van der Waals surface area contributed by atoms with Crippen LogP contribution in [0.2, 0.25) is 0 Å². The van der Waals surface area contributed by atoms with Crippen LogP contribution in [0, 0.1) is 5.92 Å². The fraction of sp³-hybridized carbons (Fsp3) is 0.471. The number of nitrogens with one attached hydrogen (secondary N) is 1. The van der Waals surface area contributed by atoms with E-state index >= 15 is 0 Å². The van der Waals surface area contributed by atoms with Crippen molar-refractivity contribution in [2.45, 2.75) is 31.7 Å². The van der Waals surface area contributed by atoms with E-state index in [1.54, 1.807) is 18.2 Å². The molecule has 0 aromatic heterocycles. The van der Waals surface area contributed by atoms with Crippen LogP contribution in [-0.2, 0) is 19.6 Å². The summed E-state index contributed by atoms with van der Waals surface area (Å²) in [5.41, 5.74) is 1.11. The van der Waals surface area contributed by atoms with Crippen molar-refractivity contribution in [3.63, 3.8) is 0 Å². The highest BCUT2D eigenvalue weighted by Crippen LogP contribution is 2.42. The molecule has 1 N–H and O–H groups in total. The van der Waals surface area contributed by atoms with Crippen LogP contribution in [-0.4, -0.2) is 50.4 Å². The third kappa shape index (κ3) is 4.44. The van der Waals surface area contributed by atoms with Crippen LogP contribution >= 0.6 is 11.8 Å². The number of carbonyl (C=O) groups excluding carboxylic acids is 2. The van der Waals surface area contributed by atoms with Gasteiger partial charge in [0.05, 0.1) is 17.0 Å². The minimum Gasteiger partial charge on any atom is -0.452 e.